The van der Waals surface area contributed by atoms with Crippen molar-refractivity contribution in [1.29, 1.82) is 0 Å². The summed E-state index contributed by atoms with van der Waals surface area (Å²) in [4.78, 5) is 12.4. The molecule has 0 saturated heterocycles. The van der Waals surface area contributed by atoms with Gasteiger partial charge in [-0.3, -0.25) is 4.79 Å². The third-order valence-corrected chi connectivity index (χ3v) is 4.02. The number of hydrogen-bond acceptors (Lipinski definition) is 2. The molecule has 2 atom stereocenters. The fourth-order valence-corrected chi connectivity index (χ4v) is 2.80. The highest BCUT2D eigenvalue weighted by Crippen LogP contribution is 2.26. The van der Waals surface area contributed by atoms with Crippen LogP contribution in [-0.4, -0.2) is 11.9 Å². The van der Waals surface area contributed by atoms with Crippen LogP contribution in [-0.2, 0) is 10.3 Å². The summed E-state index contributed by atoms with van der Waals surface area (Å²) in [7, 11) is 0. The van der Waals surface area contributed by atoms with Crippen molar-refractivity contribution in [3.63, 3.8) is 0 Å². The number of nitrogens with one attached hydrogen (secondary N) is 1. The van der Waals surface area contributed by atoms with E-state index < -0.39 is 0 Å². The lowest BCUT2D eigenvalue weighted by molar-refractivity contribution is -0.127. The Morgan fingerprint density at radius 2 is 1.90 bits per heavy atom. The first-order valence-electron chi connectivity index (χ1n) is 7.12. The topological polar surface area (TPSA) is 55.1 Å². The summed E-state index contributed by atoms with van der Waals surface area (Å²) in [6.07, 6.45) is 3.89. The summed E-state index contributed by atoms with van der Waals surface area (Å²) in [5, 5.41) is 3.17. The maximum Gasteiger partial charge on any atom is 0.223 e. The van der Waals surface area contributed by atoms with Gasteiger partial charge in [0.05, 0.1) is 5.54 Å². The molecular weight excluding hydrogens is 272 g/mol. The Balaban J connectivity index is 0.00000200. The van der Waals surface area contributed by atoms with E-state index in [-0.39, 0.29) is 35.8 Å². The fourth-order valence-electron chi connectivity index (χ4n) is 2.80. The Kier molecular flexibility index (Phi) is 6.03. The lowest BCUT2D eigenvalue weighted by atomic mass is 9.84. The Morgan fingerprint density at radius 3 is 2.50 bits per heavy atom. The van der Waals surface area contributed by atoms with Crippen molar-refractivity contribution in [2.75, 3.05) is 0 Å². The minimum atomic E-state index is -0.333. The smallest absolute Gasteiger partial charge is 0.223 e. The summed E-state index contributed by atoms with van der Waals surface area (Å²) in [6, 6.07) is 10.3. The van der Waals surface area contributed by atoms with Crippen LogP contribution in [0.1, 0.15) is 45.1 Å². The molecule has 112 valence electrons. The number of benzene rings is 1. The third-order valence-electron chi connectivity index (χ3n) is 4.02. The molecule has 1 aromatic carbocycles. The summed E-state index contributed by atoms with van der Waals surface area (Å²) in [5.74, 6) is 0.218. The molecule has 0 bridgehead atoms. The maximum absolute atomic E-state index is 12.4. The van der Waals surface area contributed by atoms with Crippen LogP contribution < -0.4 is 11.1 Å². The van der Waals surface area contributed by atoms with Gasteiger partial charge in [-0.05, 0) is 38.7 Å². The predicted molar refractivity (Wildman–Crippen MR) is 84.8 cm³/mol. The van der Waals surface area contributed by atoms with E-state index in [9.17, 15) is 4.79 Å². The van der Waals surface area contributed by atoms with Crippen LogP contribution in [0.15, 0.2) is 30.3 Å². The molecule has 3 nitrogen and oxygen atoms in total. The van der Waals surface area contributed by atoms with Gasteiger partial charge in [0.2, 0.25) is 5.91 Å². The van der Waals surface area contributed by atoms with Gasteiger partial charge in [-0.15, -0.1) is 12.4 Å². The van der Waals surface area contributed by atoms with Crippen LogP contribution in [0.4, 0.5) is 0 Å². The Labute approximate surface area is 127 Å². The van der Waals surface area contributed by atoms with E-state index in [4.69, 9.17) is 5.73 Å². The first-order chi connectivity index (χ1) is 8.99. The second-order valence-corrected chi connectivity index (χ2v) is 6.10. The van der Waals surface area contributed by atoms with Crippen molar-refractivity contribution in [3.8, 4) is 0 Å². The summed E-state index contributed by atoms with van der Waals surface area (Å²) in [5.41, 5.74) is 6.75. The summed E-state index contributed by atoms with van der Waals surface area (Å²) < 4.78 is 0. The maximum atomic E-state index is 12.4. The number of amides is 1. The van der Waals surface area contributed by atoms with Crippen LogP contribution in [0, 0.1) is 5.92 Å². The normalized spacial score (nSPS) is 22.8. The van der Waals surface area contributed by atoms with Gasteiger partial charge in [0.1, 0.15) is 0 Å². The van der Waals surface area contributed by atoms with Crippen molar-refractivity contribution in [2.45, 2.75) is 51.1 Å². The Hall–Kier alpha value is -1.06. The van der Waals surface area contributed by atoms with E-state index in [0.29, 0.717) is 0 Å². The second kappa shape index (κ2) is 7.09. The van der Waals surface area contributed by atoms with Crippen molar-refractivity contribution in [3.05, 3.63) is 35.9 Å². The first-order valence-corrected chi connectivity index (χ1v) is 7.12. The molecular formula is C16H25ClN2O. The van der Waals surface area contributed by atoms with Crippen LogP contribution in [0.2, 0.25) is 0 Å². The van der Waals surface area contributed by atoms with E-state index in [1.54, 1.807) is 0 Å². The van der Waals surface area contributed by atoms with E-state index in [1.165, 1.54) is 0 Å². The molecule has 1 amide bonds. The van der Waals surface area contributed by atoms with Crippen molar-refractivity contribution < 1.29 is 4.79 Å². The van der Waals surface area contributed by atoms with Crippen LogP contribution >= 0.6 is 12.4 Å². The molecule has 4 heteroatoms. The molecule has 0 aromatic heterocycles. The molecule has 3 N–H and O–H groups in total. The van der Waals surface area contributed by atoms with Crippen LogP contribution in [0.25, 0.3) is 0 Å². The van der Waals surface area contributed by atoms with E-state index in [1.807, 2.05) is 44.2 Å². The fraction of sp³-hybridized carbons (Fsp3) is 0.562. The molecule has 20 heavy (non-hydrogen) atoms. The zero-order valence-electron chi connectivity index (χ0n) is 12.3. The standard InChI is InChI=1S/C16H24N2O.ClH/c1-16(2,13-8-4-3-5-9-13)18-15(19)12-7-6-10-14(17)11-12;/h3-5,8-9,12,14H,6-7,10-11,17H2,1-2H3,(H,18,19);1H. The zero-order chi connectivity index (χ0) is 13.9. The molecule has 1 fully saturated rings. The number of nitrogens with two attached hydrogens (primary N) is 1. The van der Waals surface area contributed by atoms with E-state index >= 15 is 0 Å². The highest BCUT2D eigenvalue weighted by Gasteiger charge is 2.30. The summed E-state index contributed by atoms with van der Waals surface area (Å²) >= 11 is 0. The lowest BCUT2D eigenvalue weighted by Crippen LogP contribution is -2.46. The van der Waals surface area contributed by atoms with E-state index in [2.05, 4.69) is 5.32 Å². The minimum absolute atomic E-state index is 0. The number of rotatable bonds is 3. The van der Waals surface area contributed by atoms with Gasteiger partial charge in [0.25, 0.3) is 0 Å². The number of halogens is 1. The van der Waals surface area contributed by atoms with Gasteiger partial charge in [-0.25, -0.2) is 0 Å². The largest absolute Gasteiger partial charge is 0.347 e. The summed E-state index contributed by atoms with van der Waals surface area (Å²) in [6.45, 7) is 4.09. The van der Waals surface area contributed by atoms with Gasteiger partial charge in [0, 0.05) is 12.0 Å². The molecule has 1 aromatic rings. The van der Waals surface area contributed by atoms with Crippen molar-refractivity contribution in [2.24, 2.45) is 11.7 Å². The number of carbonyl (C=O) groups excluding carboxylic acids is 1. The van der Waals surface area contributed by atoms with Gasteiger partial charge in [-0.1, -0.05) is 36.8 Å². The minimum Gasteiger partial charge on any atom is -0.347 e. The Bertz CT molecular complexity index is 433. The van der Waals surface area contributed by atoms with Gasteiger partial charge >= 0.3 is 0 Å². The molecule has 2 rings (SSSR count). The highest BCUT2D eigenvalue weighted by molar-refractivity contribution is 5.85. The van der Waals surface area contributed by atoms with E-state index in [0.717, 1.165) is 31.2 Å². The van der Waals surface area contributed by atoms with Crippen molar-refractivity contribution in [1.82, 2.24) is 5.32 Å². The van der Waals surface area contributed by atoms with Gasteiger partial charge in [-0.2, -0.15) is 0 Å². The van der Waals surface area contributed by atoms with Crippen molar-refractivity contribution >= 4 is 18.3 Å². The first kappa shape index (κ1) is 17.0. The van der Waals surface area contributed by atoms with Gasteiger partial charge < -0.3 is 11.1 Å². The molecule has 1 saturated carbocycles. The zero-order valence-corrected chi connectivity index (χ0v) is 13.1. The third kappa shape index (κ3) is 4.22. The average molecular weight is 297 g/mol. The predicted octanol–water partition coefficient (Wildman–Crippen LogP) is 2.98. The molecule has 0 spiro atoms. The van der Waals surface area contributed by atoms with Gasteiger partial charge in [0.15, 0.2) is 0 Å². The highest BCUT2D eigenvalue weighted by atomic mass is 35.5. The monoisotopic (exact) mass is 296 g/mol. The quantitative estimate of drug-likeness (QED) is 0.901. The Morgan fingerprint density at radius 1 is 1.25 bits per heavy atom. The van der Waals surface area contributed by atoms with Crippen LogP contribution in [0.5, 0.6) is 0 Å². The molecule has 0 aliphatic heterocycles. The second-order valence-electron chi connectivity index (χ2n) is 6.10. The molecule has 0 heterocycles. The lowest BCUT2D eigenvalue weighted by Gasteiger charge is -2.32. The number of carbonyl (C=O) groups is 1. The molecule has 1 aliphatic rings. The van der Waals surface area contributed by atoms with Crippen LogP contribution in [0.3, 0.4) is 0 Å². The molecule has 2 unspecified atom stereocenters. The SMILES string of the molecule is CC(C)(NC(=O)C1CCCC(N)C1)c1ccccc1.Cl. The number of hydrogen-bond donors (Lipinski definition) is 2. The molecule has 1 aliphatic carbocycles. The molecule has 0 radical (unpaired) electrons. The average Bonchev–Trinajstić information content (AvgIpc) is 2.39.